The molecule has 0 aromatic carbocycles. The van der Waals surface area contributed by atoms with E-state index in [0.29, 0.717) is 24.0 Å². The van der Waals surface area contributed by atoms with Gasteiger partial charge < -0.3 is 16.4 Å². The summed E-state index contributed by atoms with van der Waals surface area (Å²) in [7, 11) is 0. The lowest BCUT2D eigenvalue weighted by molar-refractivity contribution is 0.0953. The number of pyridine rings is 1. The molecule has 0 aliphatic heterocycles. The van der Waals surface area contributed by atoms with Crippen molar-refractivity contribution < 1.29 is 4.79 Å². The van der Waals surface area contributed by atoms with E-state index < -0.39 is 0 Å². The topological polar surface area (TPSA) is 92.9 Å². The van der Waals surface area contributed by atoms with E-state index in [1.54, 1.807) is 6.20 Å². The minimum atomic E-state index is -0.132. The third kappa shape index (κ3) is 3.49. The summed E-state index contributed by atoms with van der Waals surface area (Å²) < 4.78 is 4.07. The van der Waals surface area contributed by atoms with Crippen LogP contribution in [-0.2, 0) is 6.42 Å². The molecule has 21 heavy (non-hydrogen) atoms. The number of anilines is 2. The van der Waals surface area contributed by atoms with Crippen LogP contribution in [0.5, 0.6) is 0 Å². The second-order valence-corrected chi connectivity index (χ2v) is 5.83. The van der Waals surface area contributed by atoms with E-state index in [4.69, 9.17) is 5.73 Å². The summed E-state index contributed by atoms with van der Waals surface area (Å²) >= 11 is 1.22. The van der Waals surface area contributed by atoms with Crippen LogP contribution in [0.15, 0.2) is 24.5 Å². The summed E-state index contributed by atoms with van der Waals surface area (Å²) in [4.78, 5) is 16.2. The average Bonchev–Trinajstić information content (AvgIpc) is 3.22. The predicted octanol–water partition coefficient (Wildman–Crippen LogP) is 1.67. The lowest BCUT2D eigenvalue weighted by Gasteiger charge is -2.07. The molecule has 2 aromatic rings. The zero-order valence-corrected chi connectivity index (χ0v) is 12.3. The molecule has 0 radical (unpaired) electrons. The van der Waals surface area contributed by atoms with Gasteiger partial charge in [0.05, 0.1) is 0 Å². The molecule has 0 saturated heterocycles. The first-order valence-corrected chi connectivity index (χ1v) is 7.70. The van der Waals surface area contributed by atoms with E-state index >= 15 is 0 Å². The first kappa shape index (κ1) is 13.8. The fourth-order valence-corrected chi connectivity index (χ4v) is 2.73. The first-order chi connectivity index (χ1) is 10.2. The Morgan fingerprint density at radius 1 is 1.48 bits per heavy atom. The van der Waals surface area contributed by atoms with Crippen LogP contribution < -0.4 is 16.4 Å². The highest BCUT2D eigenvalue weighted by atomic mass is 32.1. The number of nitrogens with two attached hydrogens (primary N) is 1. The lowest BCUT2D eigenvalue weighted by Crippen LogP contribution is -2.26. The average molecular weight is 303 g/mol. The van der Waals surface area contributed by atoms with Crippen molar-refractivity contribution in [1.82, 2.24) is 14.7 Å². The van der Waals surface area contributed by atoms with Crippen molar-refractivity contribution in [3.63, 3.8) is 0 Å². The highest BCUT2D eigenvalue weighted by molar-refractivity contribution is 7.11. The van der Waals surface area contributed by atoms with Crippen molar-refractivity contribution in [3.05, 3.63) is 35.7 Å². The maximum Gasteiger partial charge on any atom is 0.258 e. The summed E-state index contributed by atoms with van der Waals surface area (Å²) in [5.41, 5.74) is 7.43. The van der Waals surface area contributed by atoms with Gasteiger partial charge in [-0.2, -0.15) is 4.37 Å². The van der Waals surface area contributed by atoms with Crippen molar-refractivity contribution in [2.45, 2.75) is 25.3 Å². The maximum atomic E-state index is 12.2. The van der Waals surface area contributed by atoms with Crippen LogP contribution >= 0.6 is 11.5 Å². The highest BCUT2D eigenvalue weighted by Crippen LogP contribution is 2.28. The van der Waals surface area contributed by atoms with E-state index in [0.717, 1.165) is 29.8 Å². The molecule has 6 nitrogen and oxygen atoms in total. The molecule has 1 aliphatic rings. The number of rotatable bonds is 6. The zero-order valence-electron chi connectivity index (χ0n) is 11.5. The van der Waals surface area contributed by atoms with Crippen LogP contribution in [0.3, 0.4) is 0 Å². The van der Waals surface area contributed by atoms with Crippen LogP contribution in [0, 0.1) is 0 Å². The number of nitrogen functional groups attached to an aromatic ring is 1. The van der Waals surface area contributed by atoms with E-state index in [1.165, 1.54) is 11.5 Å². The van der Waals surface area contributed by atoms with E-state index in [1.807, 2.05) is 18.3 Å². The second kappa shape index (κ2) is 6.09. The number of carbonyl (C=O) groups is 1. The summed E-state index contributed by atoms with van der Waals surface area (Å²) in [5.74, 6) is 0.162. The Labute approximate surface area is 126 Å². The minimum absolute atomic E-state index is 0.132. The SMILES string of the molecule is Nc1nsc(NCCc2cccnc2)c1C(=O)NC1CC1. The van der Waals surface area contributed by atoms with Gasteiger partial charge in [0.2, 0.25) is 0 Å². The van der Waals surface area contributed by atoms with Crippen LogP contribution in [0.4, 0.5) is 10.8 Å². The number of hydrogen-bond acceptors (Lipinski definition) is 6. The van der Waals surface area contributed by atoms with Gasteiger partial charge in [0, 0.05) is 25.0 Å². The molecule has 2 aromatic heterocycles. The van der Waals surface area contributed by atoms with E-state index in [9.17, 15) is 4.79 Å². The molecule has 0 atom stereocenters. The fraction of sp³-hybridized carbons (Fsp3) is 0.357. The third-order valence-electron chi connectivity index (χ3n) is 3.28. The summed E-state index contributed by atoms with van der Waals surface area (Å²) in [6.45, 7) is 0.705. The molecule has 1 saturated carbocycles. The number of amides is 1. The first-order valence-electron chi connectivity index (χ1n) is 6.93. The van der Waals surface area contributed by atoms with Gasteiger partial charge in [-0.25, -0.2) is 0 Å². The molecule has 1 aliphatic carbocycles. The van der Waals surface area contributed by atoms with Crippen LogP contribution in [0.25, 0.3) is 0 Å². The second-order valence-electron chi connectivity index (χ2n) is 5.06. The van der Waals surface area contributed by atoms with E-state index in [2.05, 4.69) is 20.0 Å². The van der Waals surface area contributed by atoms with Crippen LogP contribution in [-0.4, -0.2) is 27.9 Å². The molecule has 0 spiro atoms. The molecule has 0 bridgehead atoms. The number of nitrogens with zero attached hydrogens (tertiary/aromatic N) is 2. The Morgan fingerprint density at radius 3 is 3.05 bits per heavy atom. The van der Waals surface area contributed by atoms with Gasteiger partial charge >= 0.3 is 0 Å². The van der Waals surface area contributed by atoms with Gasteiger partial charge in [0.1, 0.15) is 10.6 Å². The van der Waals surface area contributed by atoms with Gasteiger partial charge in [-0.05, 0) is 42.4 Å². The number of aromatic nitrogens is 2. The summed E-state index contributed by atoms with van der Waals surface area (Å²) in [5, 5.41) is 6.92. The highest BCUT2D eigenvalue weighted by Gasteiger charge is 2.27. The van der Waals surface area contributed by atoms with Crippen molar-refractivity contribution >= 4 is 28.3 Å². The Kier molecular flexibility index (Phi) is 4.01. The Bertz CT molecular complexity index is 624. The largest absolute Gasteiger partial charge is 0.382 e. The van der Waals surface area contributed by atoms with Crippen molar-refractivity contribution in [3.8, 4) is 0 Å². The molecule has 0 unspecified atom stereocenters. The van der Waals surface area contributed by atoms with Gasteiger partial charge in [-0.15, -0.1) is 0 Å². The third-order valence-corrected chi connectivity index (χ3v) is 4.10. The zero-order chi connectivity index (χ0) is 14.7. The monoisotopic (exact) mass is 303 g/mol. The molecule has 1 fully saturated rings. The molecule has 2 heterocycles. The van der Waals surface area contributed by atoms with Crippen molar-refractivity contribution in [2.75, 3.05) is 17.6 Å². The van der Waals surface area contributed by atoms with Gasteiger partial charge in [0.25, 0.3) is 5.91 Å². The molecule has 3 rings (SSSR count). The Hall–Kier alpha value is -2.15. The van der Waals surface area contributed by atoms with Gasteiger partial charge in [0.15, 0.2) is 5.82 Å². The predicted molar refractivity (Wildman–Crippen MR) is 83.4 cm³/mol. The summed E-state index contributed by atoms with van der Waals surface area (Å²) in [6, 6.07) is 4.24. The molecular formula is C14H17N5OS. The quantitative estimate of drug-likeness (QED) is 0.755. The normalized spacial score (nSPS) is 13.9. The number of carbonyl (C=O) groups excluding carboxylic acids is 1. The van der Waals surface area contributed by atoms with Crippen LogP contribution in [0.1, 0.15) is 28.8 Å². The smallest absolute Gasteiger partial charge is 0.258 e. The summed E-state index contributed by atoms with van der Waals surface area (Å²) in [6.07, 6.45) is 6.51. The van der Waals surface area contributed by atoms with Crippen molar-refractivity contribution in [2.24, 2.45) is 0 Å². The van der Waals surface area contributed by atoms with Crippen LogP contribution in [0.2, 0.25) is 0 Å². The Balaban J connectivity index is 1.61. The standard InChI is InChI=1S/C14H17N5OS/c15-12-11(13(20)18-10-3-4-10)14(21-19-12)17-7-5-9-2-1-6-16-8-9/h1-2,6,8,10,17H,3-5,7H2,(H2,15,19)(H,18,20). The number of nitrogens with one attached hydrogen (secondary N) is 2. The number of hydrogen-bond donors (Lipinski definition) is 3. The molecule has 110 valence electrons. The fourth-order valence-electron chi connectivity index (χ4n) is 1.99. The molecule has 4 N–H and O–H groups in total. The van der Waals surface area contributed by atoms with Gasteiger partial charge in [-0.3, -0.25) is 9.78 Å². The lowest BCUT2D eigenvalue weighted by atomic mass is 10.2. The van der Waals surface area contributed by atoms with Crippen molar-refractivity contribution in [1.29, 1.82) is 0 Å². The molecule has 1 amide bonds. The van der Waals surface area contributed by atoms with Gasteiger partial charge in [-0.1, -0.05) is 6.07 Å². The van der Waals surface area contributed by atoms with E-state index in [-0.39, 0.29) is 5.91 Å². The molecular weight excluding hydrogens is 286 g/mol. The molecule has 7 heteroatoms. The minimum Gasteiger partial charge on any atom is -0.382 e. The maximum absolute atomic E-state index is 12.2. The Morgan fingerprint density at radius 2 is 2.33 bits per heavy atom.